The van der Waals surface area contributed by atoms with Crippen LogP contribution in [0.5, 0.6) is 0 Å². The first-order chi connectivity index (χ1) is 8.33. The monoisotopic (exact) mass is 340 g/mol. The molecule has 90 valence electrons. The molecule has 1 aliphatic rings. The highest BCUT2D eigenvalue weighted by molar-refractivity contribution is 14.1. The second-order valence-corrected chi connectivity index (χ2v) is 6.28. The van der Waals surface area contributed by atoms with Crippen molar-refractivity contribution in [1.29, 1.82) is 0 Å². The molecule has 1 fully saturated rings. The van der Waals surface area contributed by atoms with Crippen molar-refractivity contribution in [2.75, 3.05) is 0 Å². The van der Waals surface area contributed by atoms with Crippen molar-refractivity contribution in [3.63, 3.8) is 0 Å². The van der Waals surface area contributed by atoms with E-state index in [0.717, 1.165) is 12.5 Å². The van der Waals surface area contributed by atoms with Crippen molar-refractivity contribution in [2.45, 2.75) is 38.6 Å². The average molecular weight is 340 g/mol. The van der Waals surface area contributed by atoms with Gasteiger partial charge < -0.3 is 0 Å². The van der Waals surface area contributed by atoms with E-state index in [0.29, 0.717) is 0 Å². The van der Waals surface area contributed by atoms with Crippen LogP contribution in [0.15, 0.2) is 24.4 Å². The van der Waals surface area contributed by atoms with E-state index in [1.54, 1.807) is 0 Å². The molecule has 17 heavy (non-hydrogen) atoms. The van der Waals surface area contributed by atoms with Crippen molar-refractivity contribution in [3.8, 4) is 0 Å². The number of fused-ring (bicyclic) bond motifs is 1. The fourth-order valence-corrected chi connectivity index (χ4v) is 3.28. The Morgan fingerprint density at radius 3 is 2.88 bits per heavy atom. The number of halogens is 1. The summed E-state index contributed by atoms with van der Waals surface area (Å²) in [6.45, 7) is 1.10. The van der Waals surface area contributed by atoms with E-state index in [2.05, 4.69) is 50.6 Å². The summed E-state index contributed by atoms with van der Waals surface area (Å²) in [5, 5.41) is 5.81. The average Bonchev–Trinajstić information content (AvgIpc) is 2.73. The van der Waals surface area contributed by atoms with Crippen LogP contribution >= 0.6 is 22.6 Å². The van der Waals surface area contributed by atoms with Crippen molar-refractivity contribution in [2.24, 2.45) is 5.92 Å². The molecular weight excluding hydrogens is 323 g/mol. The highest BCUT2D eigenvalue weighted by Crippen LogP contribution is 2.26. The molecule has 0 radical (unpaired) electrons. The first-order valence-electron chi connectivity index (χ1n) is 6.44. The van der Waals surface area contributed by atoms with Gasteiger partial charge in [0.1, 0.15) is 0 Å². The van der Waals surface area contributed by atoms with Crippen molar-refractivity contribution < 1.29 is 0 Å². The van der Waals surface area contributed by atoms with Crippen LogP contribution in [0.4, 0.5) is 0 Å². The molecule has 0 bridgehead atoms. The van der Waals surface area contributed by atoms with E-state index in [-0.39, 0.29) is 0 Å². The van der Waals surface area contributed by atoms with Gasteiger partial charge in [0.2, 0.25) is 0 Å². The SMILES string of the molecule is Ic1ccc2cnn(CC3CCCCC3)c2c1. The van der Waals surface area contributed by atoms with Gasteiger partial charge >= 0.3 is 0 Å². The molecular formula is C14H17IN2. The highest BCUT2D eigenvalue weighted by Gasteiger charge is 2.15. The molecule has 1 aromatic heterocycles. The van der Waals surface area contributed by atoms with Crippen LogP contribution in [0.1, 0.15) is 32.1 Å². The molecule has 3 heteroatoms. The fraction of sp³-hybridized carbons (Fsp3) is 0.500. The van der Waals surface area contributed by atoms with E-state index in [1.807, 2.05) is 6.20 Å². The summed E-state index contributed by atoms with van der Waals surface area (Å²) in [6.07, 6.45) is 8.99. The van der Waals surface area contributed by atoms with Gasteiger partial charge in [-0.15, -0.1) is 0 Å². The second kappa shape index (κ2) is 4.96. The van der Waals surface area contributed by atoms with Crippen LogP contribution in [-0.4, -0.2) is 9.78 Å². The van der Waals surface area contributed by atoms with Gasteiger partial charge in [0.25, 0.3) is 0 Å². The predicted molar refractivity (Wildman–Crippen MR) is 79.0 cm³/mol. The maximum Gasteiger partial charge on any atom is 0.0693 e. The van der Waals surface area contributed by atoms with Crippen LogP contribution in [0.25, 0.3) is 10.9 Å². The number of benzene rings is 1. The summed E-state index contributed by atoms with van der Waals surface area (Å²) >= 11 is 2.37. The fourth-order valence-electron chi connectivity index (χ4n) is 2.80. The molecule has 0 atom stereocenters. The molecule has 0 aliphatic heterocycles. The summed E-state index contributed by atoms with van der Waals surface area (Å²) in [5.74, 6) is 0.838. The number of nitrogens with zero attached hydrogens (tertiary/aromatic N) is 2. The van der Waals surface area contributed by atoms with Crippen LogP contribution in [0, 0.1) is 9.49 Å². The smallest absolute Gasteiger partial charge is 0.0693 e. The molecule has 0 N–H and O–H groups in total. The summed E-state index contributed by atoms with van der Waals surface area (Å²) in [4.78, 5) is 0. The minimum absolute atomic E-state index is 0.838. The molecule has 0 unspecified atom stereocenters. The van der Waals surface area contributed by atoms with E-state index >= 15 is 0 Å². The first-order valence-corrected chi connectivity index (χ1v) is 7.52. The molecule has 0 spiro atoms. The Labute approximate surface area is 116 Å². The van der Waals surface area contributed by atoms with Crippen LogP contribution in [0.2, 0.25) is 0 Å². The van der Waals surface area contributed by atoms with Gasteiger partial charge in [-0.3, -0.25) is 4.68 Å². The van der Waals surface area contributed by atoms with Crippen molar-refractivity contribution in [3.05, 3.63) is 28.0 Å². The number of hydrogen-bond acceptors (Lipinski definition) is 1. The maximum atomic E-state index is 4.54. The van der Waals surface area contributed by atoms with E-state index in [9.17, 15) is 0 Å². The van der Waals surface area contributed by atoms with Crippen molar-refractivity contribution in [1.82, 2.24) is 9.78 Å². The largest absolute Gasteiger partial charge is 0.265 e. The van der Waals surface area contributed by atoms with E-state index in [4.69, 9.17) is 0 Å². The number of aromatic nitrogens is 2. The summed E-state index contributed by atoms with van der Waals surface area (Å²) in [6, 6.07) is 6.56. The molecule has 2 aromatic rings. The summed E-state index contributed by atoms with van der Waals surface area (Å²) in [7, 11) is 0. The Morgan fingerprint density at radius 2 is 2.06 bits per heavy atom. The zero-order chi connectivity index (χ0) is 11.7. The van der Waals surface area contributed by atoms with E-state index in [1.165, 1.54) is 46.6 Å². The lowest BCUT2D eigenvalue weighted by Crippen LogP contribution is -2.14. The third-order valence-electron chi connectivity index (χ3n) is 3.76. The molecule has 1 saturated carbocycles. The number of rotatable bonds is 2. The molecule has 1 heterocycles. The standard InChI is InChI=1S/C14H17IN2/c15-13-7-6-12-9-16-17(14(12)8-13)10-11-4-2-1-3-5-11/h6-9,11H,1-5,10H2. The second-order valence-electron chi connectivity index (χ2n) is 5.03. The Kier molecular flexibility index (Phi) is 3.36. The molecule has 1 aliphatic carbocycles. The topological polar surface area (TPSA) is 17.8 Å². The number of hydrogen-bond donors (Lipinski definition) is 0. The predicted octanol–water partition coefficient (Wildman–Crippen LogP) is 4.22. The Balaban J connectivity index is 1.86. The molecule has 2 nitrogen and oxygen atoms in total. The summed E-state index contributed by atoms with van der Waals surface area (Å²) < 4.78 is 3.49. The Hall–Kier alpha value is -0.580. The van der Waals surface area contributed by atoms with Gasteiger partial charge in [-0.05, 0) is 53.5 Å². The zero-order valence-corrected chi connectivity index (χ0v) is 12.1. The molecule has 0 amide bonds. The van der Waals surface area contributed by atoms with Crippen LogP contribution in [-0.2, 0) is 6.54 Å². The minimum atomic E-state index is 0.838. The minimum Gasteiger partial charge on any atom is -0.265 e. The van der Waals surface area contributed by atoms with Crippen LogP contribution in [0.3, 0.4) is 0 Å². The van der Waals surface area contributed by atoms with Crippen molar-refractivity contribution >= 4 is 33.5 Å². The highest BCUT2D eigenvalue weighted by atomic mass is 127. The molecule has 1 aromatic carbocycles. The lowest BCUT2D eigenvalue weighted by Gasteiger charge is -2.21. The normalized spacial score (nSPS) is 17.7. The zero-order valence-electron chi connectivity index (χ0n) is 9.90. The van der Waals surface area contributed by atoms with E-state index < -0.39 is 0 Å². The third-order valence-corrected chi connectivity index (χ3v) is 4.43. The maximum absolute atomic E-state index is 4.54. The quantitative estimate of drug-likeness (QED) is 0.749. The van der Waals surface area contributed by atoms with Crippen LogP contribution < -0.4 is 0 Å². The lowest BCUT2D eigenvalue weighted by molar-refractivity contribution is 0.312. The van der Waals surface area contributed by atoms with Gasteiger partial charge in [0.15, 0.2) is 0 Å². The van der Waals surface area contributed by atoms with Gasteiger partial charge in [0.05, 0.1) is 11.7 Å². The van der Waals surface area contributed by atoms with Gasteiger partial charge in [-0.1, -0.05) is 25.3 Å². The van der Waals surface area contributed by atoms with Gasteiger partial charge in [0, 0.05) is 15.5 Å². The Morgan fingerprint density at radius 1 is 1.24 bits per heavy atom. The Bertz CT molecular complexity index is 512. The first kappa shape index (κ1) is 11.5. The van der Waals surface area contributed by atoms with Gasteiger partial charge in [-0.2, -0.15) is 5.10 Å². The third kappa shape index (κ3) is 2.49. The molecule has 0 saturated heterocycles. The summed E-state index contributed by atoms with van der Waals surface area (Å²) in [5.41, 5.74) is 1.29. The molecule has 3 rings (SSSR count). The lowest BCUT2D eigenvalue weighted by atomic mass is 9.89. The van der Waals surface area contributed by atoms with Gasteiger partial charge in [-0.25, -0.2) is 0 Å².